The molecule has 0 fully saturated rings. The monoisotopic (exact) mass is 1100 g/mol. The number of rotatable bonds is 15. The number of alkyl halides is 10. The number of hydrogen-bond acceptors (Lipinski definition) is 6. The van der Waals surface area contributed by atoms with Gasteiger partial charge in [0.15, 0.2) is 11.5 Å². The molecule has 0 bridgehead atoms. The molecule has 4 rings (SSSR count). The van der Waals surface area contributed by atoms with E-state index in [0.717, 1.165) is 24.3 Å². The van der Waals surface area contributed by atoms with E-state index in [2.05, 4.69) is 63.7 Å². The molecular formula is C35H18Br4F10O10. The van der Waals surface area contributed by atoms with E-state index >= 15 is 39.5 Å². The summed E-state index contributed by atoms with van der Waals surface area (Å²) in [6.45, 7) is -0.0779. The molecule has 0 aromatic heterocycles. The molecule has 2 atom stereocenters. The highest BCUT2D eigenvalue weighted by Crippen LogP contribution is 2.63. The Morgan fingerprint density at radius 3 is 1.14 bits per heavy atom. The first-order valence-corrected chi connectivity index (χ1v) is 18.5. The zero-order valence-electron chi connectivity index (χ0n) is 28.4. The summed E-state index contributed by atoms with van der Waals surface area (Å²) in [7, 11) is 0. The third kappa shape index (κ3) is 8.23. The molecule has 0 aliphatic heterocycles. The molecule has 24 heteroatoms. The van der Waals surface area contributed by atoms with Gasteiger partial charge in [0.2, 0.25) is 5.67 Å². The first kappa shape index (κ1) is 47.3. The molecule has 0 heterocycles. The number of carbonyl (C=O) groups is 4. The van der Waals surface area contributed by atoms with Gasteiger partial charge in [-0.3, -0.25) is 0 Å². The second-order valence-electron chi connectivity index (χ2n) is 12.0. The molecular weight excluding hydrogens is 1090 g/mol. The highest BCUT2D eigenvalue weighted by Gasteiger charge is 2.86. The normalized spacial score (nSPS) is 13.9. The average Bonchev–Trinajstić information content (AvgIpc) is 3.13. The van der Waals surface area contributed by atoms with Gasteiger partial charge in [-0.25, -0.2) is 28.0 Å². The van der Waals surface area contributed by atoms with Crippen LogP contribution < -0.4 is 9.47 Å². The maximum Gasteiger partial charge on any atom is 0.382 e. The summed E-state index contributed by atoms with van der Waals surface area (Å²) in [5.41, 5.74) is -12.5. The van der Waals surface area contributed by atoms with Crippen molar-refractivity contribution in [3.63, 3.8) is 0 Å². The highest BCUT2D eigenvalue weighted by atomic mass is 79.9. The van der Waals surface area contributed by atoms with E-state index in [-0.39, 0.29) is 31.2 Å². The molecule has 316 valence electrons. The Morgan fingerprint density at radius 2 is 0.831 bits per heavy atom. The molecule has 0 spiro atoms. The van der Waals surface area contributed by atoms with Crippen LogP contribution in [0.3, 0.4) is 0 Å². The maximum atomic E-state index is 16.5. The molecule has 0 aliphatic carbocycles. The fourth-order valence-corrected chi connectivity index (χ4v) is 8.00. The predicted molar refractivity (Wildman–Crippen MR) is 197 cm³/mol. The van der Waals surface area contributed by atoms with Crippen molar-refractivity contribution in [3.05, 3.63) is 112 Å². The molecule has 59 heavy (non-hydrogen) atoms. The van der Waals surface area contributed by atoms with Crippen LogP contribution in [0.4, 0.5) is 43.9 Å². The van der Waals surface area contributed by atoms with Crippen molar-refractivity contribution in [1.82, 2.24) is 0 Å². The molecule has 4 aromatic rings. The van der Waals surface area contributed by atoms with Crippen LogP contribution in [0.15, 0.2) is 78.6 Å². The predicted octanol–water partition coefficient (Wildman–Crippen LogP) is 12.3. The van der Waals surface area contributed by atoms with Gasteiger partial charge in [0, 0.05) is 11.1 Å². The Labute approximate surface area is 356 Å². The van der Waals surface area contributed by atoms with E-state index in [0.29, 0.717) is 12.1 Å². The van der Waals surface area contributed by atoms with Gasteiger partial charge < -0.3 is 29.9 Å². The SMILES string of the molecule is CC(F)C(F)(c1cc(Br)c(Oc2ccc(C(=O)O)c(C(=O)O)c2)c(Br)c1)C(F)(F)C(F)(F)C(F)(F)C(F)(F)c1cc(Br)c(Oc2ccc(C(=O)O)c(C(=O)O)c2)c(Br)c1. The molecule has 0 saturated heterocycles. The van der Waals surface area contributed by atoms with Crippen LogP contribution in [0.2, 0.25) is 0 Å². The van der Waals surface area contributed by atoms with Crippen LogP contribution in [0.25, 0.3) is 0 Å². The molecule has 0 amide bonds. The molecule has 0 aliphatic rings. The Bertz CT molecular complexity index is 2350. The van der Waals surface area contributed by atoms with Crippen LogP contribution in [-0.4, -0.2) is 68.2 Å². The van der Waals surface area contributed by atoms with E-state index in [9.17, 15) is 44.0 Å². The third-order valence-corrected chi connectivity index (χ3v) is 10.7. The fourth-order valence-electron chi connectivity index (χ4n) is 5.31. The summed E-state index contributed by atoms with van der Waals surface area (Å²) in [6, 6.07) is 5.13. The lowest BCUT2D eigenvalue weighted by molar-refractivity contribution is -0.397. The van der Waals surface area contributed by atoms with Crippen molar-refractivity contribution in [3.8, 4) is 23.0 Å². The van der Waals surface area contributed by atoms with E-state index in [4.69, 9.17) is 9.47 Å². The number of halogens is 14. The second-order valence-corrected chi connectivity index (χ2v) is 15.4. The van der Waals surface area contributed by atoms with Crippen LogP contribution in [0, 0.1) is 0 Å². The van der Waals surface area contributed by atoms with Gasteiger partial charge in [-0.15, -0.1) is 0 Å². The minimum atomic E-state index is -7.43. The molecule has 4 N–H and O–H groups in total. The first-order chi connectivity index (χ1) is 26.9. The quantitative estimate of drug-likeness (QED) is 0.0841. The lowest BCUT2D eigenvalue weighted by Gasteiger charge is -2.43. The van der Waals surface area contributed by atoms with Crippen molar-refractivity contribution in [2.75, 3.05) is 0 Å². The maximum absolute atomic E-state index is 16.5. The number of ether oxygens (including phenoxy) is 2. The molecule has 4 aromatic carbocycles. The van der Waals surface area contributed by atoms with E-state index in [1.54, 1.807) is 0 Å². The van der Waals surface area contributed by atoms with Gasteiger partial charge in [0.25, 0.3) is 0 Å². The number of carboxylic acid groups (broad SMARTS) is 4. The summed E-state index contributed by atoms with van der Waals surface area (Å²) >= 11 is 10.8. The highest BCUT2D eigenvalue weighted by molar-refractivity contribution is 9.11. The second kappa shape index (κ2) is 16.6. The van der Waals surface area contributed by atoms with Crippen LogP contribution in [0.5, 0.6) is 23.0 Å². The minimum Gasteiger partial charge on any atom is -0.478 e. The molecule has 0 radical (unpaired) electrons. The summed E-state index contributed by atoms with van der Waals surface area (Å²) < 4.78 is 164. The standard InChI is InChI=1S/C35H18Br4F10O10/c1-12(40)31(41,13-6-21(36)25(22(37)7-13)58-15-2-4-17(27(50)51)19(10-15)29(54)55)33(44,45)35(48,49)34(46,47)32(42,43)14-8-23(38)26(24(39)9-14)59-16-3-5-18(28(52)53)20(11-16)30(56)57/h2-12H,1H3,(H,50,51)(H,52,53)(H,54,55)(H,56,57). The number of hydrogen-bond donors (Lipinski definition) is 4. The van der Waals surface area contributed by atoms with Crippen molar-refractivity contribution < 1.29 is 93.0 Å². The van der Waals surface area contributed by atoms with Crippen molar-refractivity contribution in [2.24, 2.45) is 0 Å². The third-order valence-electron chi connectivity index (χ3n) is 8.31. The zero-order chi connectivity index (χ0) is 45.0. The van der Waals surface area contributed by atoms with Gasteiger partial charge in [-0.1, -0.05) is 0 Å². The van der Waals surface area contributed by atoms with E-state index in [1.165, 1.54) is 0 Å². The summed E-state index contributed by atoms with van der Waals surface area (Å²) in [6.07, 6.45) is -3.84. The summed E-state index contributed by atoms with van der Waals surface area (Å²) in [5.74, 6) is -37.0. The average molecular weight is 1110 g/mol. The topological polar surface area (TPSA) is 168 Å². The minimum absolute atomic E-state index is 0.0218. The van der Waals surface area contributed by atoms with Crippen molar-refractivity contribution >= 4 is 87.6 Å². The fraction of sp³-hybridized carbons (Fsp3) is 0.200. The summed E-state index contributed by atoms with van der Waals surface area (Å²) in [4.78, 5) is 45.7. The van der Waals surface area contributed by atoms with Crippen LogP contribution >= 0.6 is 63.7 Å². The number of aromatic carboxylic acids is 4. The van der Waals surface area contributed by atoms with Crippen LogP contribution in [-0.2, 0) is 11.6 Å². The lowest BCUT2D eigenvalue weighted by atomic mass is 9.79. The van der Waals surface area contributed by atoms with Gasteiger partial charge in [-0.2, -0.15) is 35.1 Å². The van der Waals surface area contributed by atoms with Gasteiger partial charge in [-0.05, 0) is 131 Å². The van der Waals surface area contributed by atoms with Crippen LogP contribution in [0.1, 0.15) is 59.5 Å². The van der Waals surface area contributed by atoms with Crippen molar-refractivity contribution in [2.45, 2.75) is 42.5 Å². The Kier molecular flexibility index (Phi) is 13.3. The smallest absolute Gasteiger partial charge is 0.382 e. The van der Waals surface area contributed by atoms with Gasteiger partial charge in [0.05, 0.1) is 40.1 Å². The van der Waals surface area contributed by atoms with Gasteiger partial charge in [0.1, 0.15) is 17.7 Å². The Balaban J connectivity index is 1.75. The molecule has 0 saturated carbocycles. The summed E-state index contributed by atoms with van der Waals surface area (Å²) in [5, 5.41) is 37.1. The largest absolute Gasteiger partial charge is 0.478 e. The molecule has 2 unspecified atom stereocenters. The molecule has 10 nitrogen and oxygen atoms in total. The lowest BCUT2D eigenvalue weighted by Crippen LogP contribution is -2.68. The zero-order valence-corrected chi connectivity index (χ0v) is 34.7. The first-order valence-electron chi connectivity index (χ1n) is 15.4. The van der Waals surface area contributed by atoms with Crippen molar-refractivity contribution in [1.29, 1.82) is 0 Å². The van der Waals surface area contributed by atoms with E-state index in [1.807, 2.05) is 0 Å². The Morgan fingerprint density at radius 1 is 0.508 bits per heavy atom. The Hall–Kier alpha value is -4.42. The number of benzene rings is 4. The number of carboxylic acids is 4. The van der Waals surface area contributed by atoms with E-state index < -0.39 is 134 Å². The van der Waals surface area contributed by atoms with Gasteiger partial charge >= 0.3 is 47.6 Å².